The highest BCUT2D eigenvalue weighted by Gasteiger charge is 2.40. The number of nitrogens with one attached hydrogen (secondary N) is 1. The molecule has 0 bridgehead atoms. The number of nitrogens with zero attached hydrogens (tertiary/aromatic N) is 3. The van der Waals surface area contributed by atoms with E-state index in [1.807, 2.05) is 0 Å². The van der Waals surface area contributed by atoms with Gasteiger partial charge in [-0.3, -0.25) is 14.8 Å². The monoisotopic (exact) mass is 468 g/mol. The maximum Gasteiger partial charge on any atom is 0.419 e. The van der Waals surface area contributed by atoms with E-state index in [0.717, 1.165) is 42.8 Å². The highest BCUT2D eigenvalue weighted by molar-refractivity contribution is 5.94. The Bertz CT molecular complexity index is 1050. The number of alkyl halides is 3. The summed E-state index contributed by atoms with van der Waals surface area (Å²) in [5.74, 6) is -2.83. The summed E-state index contributed by atoms with van der Waals surface area (Å²) in [4.78, 5) is 17.1. The fraction of sp³-hybridized carbons (Fsp3) is 0.565. The second kappa shape index (κ2) is 8.38. The molecule has 1 saturated carbocycles. The maximum absolute atomic E-state index is 14.0. The number of benzene rings is 1. The second-order valence-corrected chi connectivity index (χ2v) is 9.37. The molecule has 2 aromatic rings. The van der Waals surface area contributed by atoms with Crippen molar-refractivity contribution in [1.29, 1.82) is 0 Å². The topological polar surface area (TPSA) is 52.2 Å². The standard InChI is InChI=1S/C23H25F5N4O/c24-15-9-16(20(18(25)10-15)23(26,27)28)14-3-7-32(8-4-14)22(33)21-17-12-31(11-13-1-2-13)6-5-19(17)29-30-21/h9-10,13-14H,1-8,11-12H2,(H,29,30). The van der Waals surface area contributed by atoms with Crippen molar-refractivity contribution >= 4 is 5.91 Å². The molecule has 1 saturated heterocycles. The number of fused-ring (bicyclic) bond motifs is 1. The molecule has 1 N–H and O–H groups in total. The zero-order chi connectivity index (χ0) is 23.3. The Hall–Kier alpha value is -2.49. The molecule has 33 heavy (non-hydrogen) atoms. The largest absolute Gasteiger partial charge is 0.419 e. The van der Waals surface area contributed by atoms with Crippen molar-refractivity contribution in [2.45, 2.75) is 50.7 Å². The van der Waals surface area contributed by atoms with Gasteiger partial charge in [-0.15, -0.1) is 0 Å². The molecule has 1 amide bonds. The van der Waals surface area contributed by atoms with Crippen molar-refractivity contribution in [2.24, 2.45) is 5.92 Å². The van der Waals surface area contributed by atoms with Crippen LogP contribution >= 0.6 is 0 Å². The van der Waals surface area contributed by atoms with Crippen LogP contribution in [0.1, 0.15) is 64.5 Å². The zero-order valence-corrected chi connectivity index (χ0v) is 18.0. The SMILES string of the molecule is O=C(c1n[nH]c2c1CN(CC1CC1)CC2)N1CCC(c2cc(F)cc(F)c2C(F)(F)F)CC1. The van der Waals surface area contributed by atoms with Crippen LogP contribution in [0, 0.1) is 17.6 Å². The molecule has 1 aliphatic carbocycles. The van der Waals surface area contributed by atoms with Crippen LogP contribution in [-0.4, -0.2) is 52.1 Å². The second-order valence-electron chi connectivity index (χ2n) is 9.37. The van der Waals surface area contributed by atoms with Crippen LogP contribution in [0.5, 0.6) is 0 Å². The number of aromatic nitrogens is 2. The van der Waals surface area contributed by atoms with Crippen molar-refractivity contribution in [3.63, 3.8) is 0 Å². The van der Waals surface area contributed by atoms with E-state index in [1.165, 1.54) is 12.8 Å². The zero-order valence-electron chi connectivity index (χ0n) is 18.0. The predicted octanol–water partition coefficient (Wildman–Crippen LogP) is 4.49. The molecule has 1 aromatic carbocycles. The van der Waals surface area contributed by atoms with Crippen molar-refractivity contribution in [3.05, 3.63) is 51.8 Å². The molecule has 2 fully saturated rings. The van der Waals surface area contributed by atoms with E-state index >= 15 is 0 Å². The highest BCUT2D eigenvalue weighted by atomic mass is 19.4. The molecule has 1 aromatic heterocycles. The number of H-pyrrole nitrogens is 1. The van der Waals surface area contributed by atoms with Crippen molar-refractivity contribution < 1.29 is 26.7 Å². The first kappa shape index (κ1) is 22.3. The Labute approximate surface area is 187 Å². The van der Waals surface area contributed by atoms with Crippen LogP contribution < -0.4 is 0 Å². The fourth-order valence-electron chi connectivity index (χ4n) is 5.11. The number of likely N-dealkylation sites (tertiary alicyclic amines) is 1. The summed E-state index contributed by atoms with van der Waals surface area (Å²) in [7, 11) is 0. The van der Waals surface area contributed by atoms with E-state index in [2.05, 4.69) is 15.1 Å². The van der Waals surface area contributed by atoms with Crippen LogP contribution in [0.2, 0.25) is 0 Å². The van der Waals surface area contributed by atoms with Crippen LogP contribution in [-0.2, 0) is 19.1 Å². The number of hydrogen-bond donors (Lipinski definition) is 1. The first-order valence-electron chi connectivity index (χ1n) is 11.3. The lowest BCUT2D eigenvalue weighted by molar-refractivity contribution is -0.141. The predicted molar refractivity (Wildman–Crippen MR) is 110 cm³/mol. The van der Waals surface area contributed by atoms with E-state index in [1.54, 1.807) is 4.90 Å². The van der Waals surface area contributed by atoms with Gasteiger partial charge in [-0.1, -0.05) is 0 Å². The third kappa shape index (κ3) is 4.49. The fourth-order valence-corrected chi connectivity index (χ4v) is 5.11. The summed E-state index contributed by atoms with van der Waals surface area (Å²) in [6, 6.07) is 1.03. The third-order valence-corrected chi connectivity index (χ3v) is 7.02. The number of carbonyl (C=O) groups excluding carboxylic acids is 1. The van der Waals surface area contributed by atoms with Gasteiger partial charge in [-0.05, 0) is 49.1 Å². The van der Waals surface area contributed by atoms with E-state index in [0.29, 0.717) is 12.2 Å². The van der Waals surface area contributed by atoms with Crippen LogP contribution in [0.15, 0.2) is 12.1 Å². The maximum atomic E-state index is 14.0. The lowest BCUT2D eigenvalue weighted by atomic mass is 9.85. The molecule has 0 radical (unpaired) electrons. The molecular formula is C23H25F5N4O. The summed E-state index contributed by atoms with van der Waals surface area (Å²) in [6.07, 6.45) is -1.23. The van der Waals surface area contributed by atoms with E-state index < -0.39 is 29.3 Å². The lowest BCUT2D eigenvalue weighted by Gasteiger charge is -2.33. The Balaban J connectivity index is 1.29. The van der Waals surface area contributed by atoms with E-state index in [4.69, 9.17) is 0 Å². The number of halogens is 5. The molecule has 10 heteroatoms. The number of carbonyl (C=O) groups is 1. The van der Waals surface area contributed by atoms with Gasteiger partial charge in [-0.25, -0.2) is 8.78 Å². The molecule has 3 heterocycles. The lowest BCUT2D eigenvalue weighted by Crippen LogP contribution is -2.39. The molecule has 2 aliphatic heterocycles. The summed E-state index contributed by atoms with van der Waals surface area (Å²) in [5.41, 5.74) is 0.452. The number of piperidine rings is 1. The van der Waals surface area contributed by atoms with Crippen molar-refractivity contribution in [1.82, 2.24) is 20.0 Å². The summed E-state index contributed by atoms with van der Waals surface area (Å²) in [5, 5.41) is 7.23. The smallest absolute Gasteiger partial charge is 0.337 e. The van der Waals surface area contributed by atoms with Crippen molar-refractivity contribution in [3.8, 4) is 0 Å². The first-order valence-corrected chi connectivity index (χ1v) is 11.3. The van der Waals surface area contributed by atoms with Gasteiger partial charge in [0.05, 0.1) is 5.56 Å². The quantitative estimate of drug-likeness (QED) is 0.673. The molecule has 5 rings (SSSR count). The molecular weight excluding hydrogens is 443 g/mol. The van der Waals surface area contributed by atoms with Crippen LogP contribution in [0.3, 0.4) is 0 Å². The Morgan fingerprint density at radius 3 is 2.48 bits per heavy atom. The number of hydrogen-bond acceptors (Lipinski definition) is 3. The van der Waals surface area contributed by atoms with Crippen LogP contribution in [0.25, 0.3) is 0 Å². The van der Waals surface area contributed by atoms with Crippen molar-refractivity contribution in [2.75, 3.05) is 26.2 Å². The van der Waals surface area contributed by atoms with Gasteiger partial charge in [0.1, 0.15) is 11.6 Å². The normalized spacial score (nSPS) is 20.2. The van der Waals surface area contributed by atoms with Crippen LogP contribution in [0.4, 0.5) is 22.0 Å². The summed E-state index contributed by atoms with van der Waals surface area (Å²) in [6.45, 7) is 3.02. The number of rotatable bonds is 4. The average molecular weight is 468 g/mol. The van der Waals surface area contributed by atoms with Gasteiger partial charge in [-0.2, -0.15) is 18.3 Å². The van der Waals surface area contributed by atoms with Gasteiger partial charge in [0.25, 0.3) is 5.91 Å². The molecule has 3 aliphatic rings. The van der Waals surface area contributed by atoms with E-state index in [-0.39, 0.29) is 43.5 Å². The van der Waals surface area contributed by atoms with E-state index in [9.17, 15) is 26.7 Å². The summed E-state index contributed by atoms with van der Waals surface area (Å²) >= 11 is 0. The molecule has 0 atom stereocenters. The van der Waals surface area contributed by atoms with Gasteiger partial charge in [0, 0.05) is 56.5 Å². The van der Waals surface area contributed by atoms with Gasteiger partial charge < -0.3 is 4.90 Å². The molecule has 5 nitrogen and oxygen atoms in total. The summed E-state index contributed by atoms with van der Waals surface area (Å²) < 4.78 is 68.0. The number of amides is 1. The molecule has 0 spiro atoms. The minimum atomic E-state index is -4.92. The Morgan fingerprint density at radius 2 is 1.82 bits per heavy atom. The minimum absolute atomic E-state index is 0.193. The number of aromatic amines is 1. The Morgan fingerprint density at radius 1 is 1.09 bits per heavy atom. The minimum Gasteiger partial charge on any atom is -0.337 e. The van der Waals surface area contributed by atoms with Gasteiger partial charge >= 0.3 is 6.18 Å². The van der Waals surface area contributed by atoms with Gasteiger partial charge in [0.15, 0.2) is 5.69 Å². The third-order valence-electron chi connectivity index (χ3n) is 7.02. The molecule has 178 valence electrons. The molecule has 0 unspecified atom stereocenters. The highest BCUT2D eigenvalue weighted by Crippen LogP contribution is 2.41. The Kier molecular flexibility index (Phi) is 5.66. The van der Waals surface area contributed by atoms with Gasteiger partial charge in [0.2, 0.25) is 0 Å². The average Bonchev–Trinajstić information content (AvgIpc) is 3.47. The first-order chi connectivity index (χ1) is 15.7.